The topological polar surface area (TPSA) is 26.3 Å². The number of ether oxygens (including phenoxy) is 1. The van der Waals surface area contributed by atoms with Crippen LogP contribution in [0.3, 0.4) is 0 Å². The van der Waals surface area contributed by atoms with Gasteiger partial charge in [0, 0.05) is 0 Å². The van der Waals surface area contributed by atoms with E-state index in [-0.39, 0.29) is 18.0 Å². The Kier molecular flexibility index (Phi) is 10.8. The Hall–Kier alpha value is -0.530. The van der Waals surface area contributed by atoms with Gasteiger partial charge < -0.3 is 4.74 Å². The number of unbranched alkanes of at least 4 members (excludes halogenated alkanes) is 4. The first-order chi connectivity index (χ1) is 13.1. The molecule has 0 heterocycles. The maximum Gasteiger partial charge on any atom is 0.309 e. The van der Waals surface area contributed by atoms with Crippen LogP contribution >= 0.6 is 0 Å². The van der Waals surface area contributed by atoms with Crippen molar-refractivity contribution in [2.24, 2.45) is 23.7 Å². The lowest BCUT2D eigenvalue weighted by molar-refractivity contribution is -0.155. The average Bonchev–Trinajstić information content (AvgIpc) is 2.70. The third kappa shape index (κ3) is 8.16. The van der Waals surface area contributed by atoms with Gasteiger partial charge in [0.25, 0.3) is 0 Å². The Bertz CT molecular complexity index is 389. The van der Waals surface area contributed by atoms with Gasteiger partial charge >= 0.3 is 5.97 Å². The number of esters is 1. The molecule has 2 fully saturated rings. The van der Waals surface area contributed by atoms with Crippen molar-refractivity contribution in [1.29, 1.82) is 0 Å². The fourth-order valence-corrected chi connectivity index (χ4v) is 5.48. The third-order valence-corrected chi connectivity index (χ3v) is 7.41. The number of hydrogen-bond donors (Lipinski definition) is 0. The van der Waals surface area contributed by atoms with Gasteiger partial charge in [0.2, 0.25) is 0 Å². The van der Waals surface area contributed by atoms with E-state index in [0.717, 1.165) is 37.0 Å². The Morgan fingerprint density at radius 1 is 0.815 bits per heavy atom. The molecule has 0 saturated heterocycles. The minimum atomic E-state index is 0.0970. The molecule has 158 valence electrons. The normalized spacial score (nSPS) is 30.0. The molecule has 2 nitrogen and oxygen atoms in total. The predicted molar refractivity (Wildman–Crippen MR) is 115 cm³/mol. The molecule has 2 rings (SSSR count). The van der Waals surface area contributed by atoms with Crippen LogP contribution in [0.1, 0.15) is 124 Å². The SMILES string of the molecule is CCCCCC[C@H](C)OC(=O)C1CCC(C2CCC(CCCC)CC2)CC1. The zero-order valence-electron chi connectivity index (χ0n) is 18.5. The zero-order valence-corrected chi connectivity index (χ0v) is 18.5. The molecular formula is C25H46O2. The second kappa shape index (κ2) is 12.8. The van der Waals surface area contributed by atoms with E-state index >= 15 is 0 Å². The fourth-order valence-electron chi connectivity index (χ4n) is 5.48. The molecule has 0 radical (unpaired) electrons. The molecular weight excluding hydrogens is 332 g/mol. The molecule has 0 aromatic rings. The van der Waals surface area contributed by atoms with Crippen LogP contribution in [0, 0.1) is 23.7 Å². The predicted octanol–water partition coefficient (Wildman–Crippen LogP) is 7.69. The number of hydrogen-bond acceptors (Lipinski definition) is 2. The van der Waals surface area contributed by atoms with E-state index in [1.165, 1.54) is 83.5 Å². The molecule has 1 atom stereocenters. The number of carbonyl (C=O) groups excluding carboxylic acids is 1. The van der Waals surface area contributed by atoms with E-state index in [9.17, 15) is 4.79 Å². The fraction of sp³-hybridized carbons (Fsp3) is 0.960. The summed E-state index contributed by atoms with van der Waals surface area (Å²) >= 11 is 0. The zero-order chi connectivity index (χ0) is 19.5. The van der Waals surface area contributed by atoms with Gasteiger partial charge in [-0.05, 0) is 76.0 Å². The van der Waals surface area contributed by atoms with Crippen LogP contribution in [-0.2, 0) is 9.53 Å². The molecule has 2 aliphatic rings. The summed E-state index contributed by atoms with van der Waals surface area (Å²) in [4.78, 5) is 12.5. The highest BCUT2D eigenvalue weighted by atomic mass is 16.5. The van der Waals surface area contributed by atoms with Crippen molar-refractivity contribution in [3.63, 3.8) is 0 Å². The van der Waals surface area contributed by atoms with Crippen LogP contribution in [0.15, 0.2) is 0 Å². The van der Waals surface area contributed by atoms with Crippen molar-refractivity contribution in [2.45, 2.75) is 130 Å². The maximum absolute atomic E-state index is 12.5. The largest absolute Gasteiger partial charge is 0.462 e. The molecule has 0 unspecified atom stereocenters. The lowest BCUT2D eigenvalue weighted by Crippen LogP contribution is -2.30. The lowest BCUT2D eigenvalue weighted by atomic mass is 9.68. The van der Waals surface area contributed by atoms with Crippen LogP contribution < -0.4 is 0 Å². The summed E-state index contributed by atoms with van der Waals surface area (Å²) in [7, 11) is 0. The Labute approximate surface area is 169 Å². The molecule has 2 saturated carbocycles. The van der Waals surface area contributed by atoms with E-state index in [2.05, 4.69) is 20.8 Å². The molecule has 0 aromatic carbocycles. The van der Waals surface area contributed by atoms with Crippen LogP contribution in [0.5, 0.6) is 0 Å². The highest BCUT2D eigenvalue weighted by Gasteiger charge is 2.33. The highest BCUT2D eigenvalue weighted by Crippen LogP contribution is 2.42. The Morgan fingerprint density at radius 3 is 2.00 bits per heavy atom. The van der Waals surface area contributed by atoms with Crippen LogP contribution in [0.4, 0.5) is 0 Å². The van der Waals surface area contributed by atoms with Gasteiger partial charge in [-0.1, -0.05) is 65.2 Å². The average molecular weight is 379 g/mol. The molecule has 0 spiro atoms. The maximum atomic E-state index is 12.5. The quantitative estimate of drug-likeness (QED) is 0.272. The van der Waals surface area contributed by atoms with Crippen molar-refractivity contribution in [2.75, 3.05) is 0 Å². The molecule has 0 aromatic heterocycles. The molecule has 27 heavy (non-hydrogen) atoms. The first-order valence-corrected chi connectivity index (χ1v) is 12.3. The van der Waals surface area contributed by atoms with Crippen LogP contribution in [0.25, 0.3) is 0 Å². The van der Waals surface area contributed by atoms with Gasteiger partial charge in [0.05, 0.1) is 12.0 Å². The van der Waals surface area contributed by atoms with Crippen molar-refractivity contribution < 1.29 is 9.53 Å². The van der Waals surface area contributed by atoms with Crippen LogP contribution in [-0.4, -0.2) is 12.1 Å². The first-order valence-electron chi connectivity index (χ1n) is 12.3. The van der Waals surface area contributed by atoms with Crippen molar-refractivity contribution >= 4 is 5.97 Å². The molecule has 0 N–H and O–H groups in total. The van der Waals surface area contributed by atoms with Gasteiger partial charge in [-0.2, -0.15) is 0 Å². The summed E-state index contributed by atoms with van der Waals surface area (Å²) in [5.74, 6) is 3.11. The monoisotopic (exact) mass is 378 g/mol. The second-order valence-electron chi connectivity index (χ2n) is 9.63. The van der Waals surface area contributed by atoms with Crippen LogP contribution in [0.2, 0.25) is 0 Å². The minimum absolute atomic E-state index is 0.0970. The standard InChI is InChI=1S/C25H46O2/c1-4-6-8-9-10-20(3)27-25(26)24-18-16-23(17-19-24)22-14-12-21(13-15-22)11-7-5-2/h20-24H,4-19H2,1-3H3/t20-,21?,22?,23?,24?/m0/s1. The summed E-state index contributed by atoms with van der Waals surface area (Å²) in [5.41, 5.74) is 0. The number of carbonyl (C=O) groups is 1. The van der Waals surface area contributed by atoms with Crippen molar-refractivity contribution in [3.8, 4) is 0 Å². The van der Waals surface area contributed by atoms with E-state index < -0.39 is 0 Å². The number of rotatable bonds is 11. The molecule has 2 aliphatic carbocycles. The van der Waals surface area contributed by atoms with E-state index in [0.29, 0.717) is 0 Å². The summed E-state index contributed by atoms with van der Waals surface area (Å²) in [5, 5.41) is 0. The van der Waals surface area contributed by atoms with E-state index in [4.69, 9.17) is 4.74 Å². The van der Waals surface area contributed by atoms with E-state index in [1.54, 1.807) is 0 Å². The Morgan fingerprint density at radius 2 is 1.41 bits per heavy atom. The molecule has 2 heteroatoms. The molecule has 0 bridgehead atoms. The summed E-state index contributed by atoms with van der Waals surface area (Å²) < 4.78 is 5.76. The van der Waals surface area contributed by atoms with Gasteiger partial charge in [-0.15, -0.1) is 0 Å². The minimum Gasteiger partial charge on any atom is -0.462 e. The van der Waals surface area contributed by atoms with Gasteiger partial charge in [0.1, 0.15) is 0 Å². The third-order valence-electron chi connectivity index (χ3n) is 7.41. The van der Waals surface area contributed by atoms with Gasteiger partial charge in [-0.25, -0.2) is 0 Å². The lowest BCUT2D eigenvalue weighted by Gasteiger charge is -2.37. The smallest absolute Gasteiger partial charge is 0.309 e. The van der Waals surface area contributed by atoms with Crippen molar-refractivity contribution in [1.82, 2.24) is 0 Å². The van der Waals surface area contributed by atoms with E-state index in [1.807, 2.05) is 0 Å². The first kappa shape index (κ1) is 22.8. The summed E-state index contributed by atoms with van der Waals surface area (Å²) in [6, 6.07) is 0. The highest BCUT2D eigenvalue weighted by molar-refractivity contribution is 5.72. The summed E-state index contributed by atoms with van der Waals surface area (Å²) in [6.45, 7) is 6.62. The molecule has 0 amide bonds. The summed E-state index contributed by atoms with van der Waals surface area (Å²) in [6.07, 6.45) is 20.8. The van der Waals surface area contributed by atoms with Gasteiger partial charge in [0.15, 0.2) is 0 Å². The molecule has 0 aliphatic heterocycles. The van der Waals surface area contributed by atoms with Crippen molar-refractivity contribution in [3.05, 3.63) is 0 Å². The Balaban J connectivity index is 1.61. The van der Waals surface area contributed by atoms with Gasteiger partial charge in [-0.3, -0.25) is 4.79 Å². The second-order valence-corrected chi connectivity index (χ2v) is 9.63.